The van der Waals surface area contributed by atoms with Gasteiger partial charge in [0.05, 0.1) is 12.4 Å². The summed E-state index contributed by atoms with van der Waals surface area (Å²) in [5.41, 5.74) is 1.34. The van der Waals surface area contributed by atoms with Gasteiger partial charge in [0.2, 0.25) is 0 Å². The lowest BCUT2D eigenvalue weighted by Crippen LogP contribution is -2.27. The van der Waals surface area contributed by atoms with Crippen LogP contribution in [-0.2, 0) is 6.54 Å². The average Bonchev–Trinajstić information content (AvgIpc) is 2.47. The Bertz CT molecular complexity index is 558. The molecule has 2 rings (SSSR count). The Labute approximate surface area is 111 Å². The van der Waals surface area contributed by atoms with Gasteiger partial charge in [0, 0.05) is 33.0 Å². The Kier molecular flexibility index (Phi) is 4.02. The largest absolute Gasteiger partial charge is 0.372 e. The third-order valence-corrected chi connectivity index (χ3v) is 2.63. The maximum Gasteiger partial charge on any atom is 0.274 e. The van der Waals surface area contributed by atoms with Crippen molar-refractivity contribution in [1.29, 1.82) is 0 Å². The van der Waals surface area contributed by atoms with Gasteiger partial charge in [-0.15, -0.1) is 0 Å². The predicted molar refractivity (Wildman–Crippen MR) is 71.6 cm³/mol. The first kappa shape index (κ1) is 12.9. The molecule has 0 aliphatic heterocycles. The molecule has 0 aliphatic carbocycles. The van der Waals surface area contributed by atoms with Gasteiger partial charge in [-0.05, 0) is 17.7 Å². The summed E-state index contributed by atoms with van der Waals surface area (Å²) in [5, 5.41) is 2.86. The quantitative estimate of drug-likeness (QED) is 0.890. The van der Waals surface area contributed by atoms with Gasteiger partial charge in [-0.2, -0.15) is 0 Å². The van der Waals surface area contributed by atoms with E-state index < -0.39 is 0 Å². The van der Waals surface area contributed by atoms with Crippen LogP contribution in [0.15, 0.2) is 36.9 Å². The van der Waals surface area contributed by atoms with Crippen LogP contribution in [0.3, 0.4) is 0 Å². The van der Waals surface area contributed by atoms with E-state index in [0.29, 0.717) is 18.1 Å². The number of carbonyl (C=O) groups excluding carboxylic acids is 1. The van der Waals surface area contributed by atoms with E-state index in [1.807, 2.05) is 12.1 Å². The maximum absolute atomic E-state index is 12.2. The van der Waals surface area contributed by atoms with Crippen molar-refractivity contribution in [2.45, 2.75) is 6.54 Å². The molecule has 0 radical (unpaired) electrons. The van der Waals surface area contributed by atoms with Crippen LogP contribution >= 0.6 is 0 Å². The van der Waals surface area contributed by atoms with Crippen LogP contribution in [0, 0.1) is 0 Å². The van der Waals surface area contributed by atoms with Gasteiger partial charge in [-0.1, -0.05) is 0 Å². The Morgan fingerprint density at radius 1 is 1.26 bits per heavy atom. The number of amides is 1. The molecule has 6 heteroatoms. The minimum absolute atomic E-state index is 0.165. The number of rotatable bonds is 4. The summed E-state index contributed by atoms with van der Waals surface area (Å²) in [6.45, 7) is 0.507. The predicted octanol–water partition coefficient (Wildman–Crippen LogP) is 1.19. The lowest BCUT2D eigenvalue weighted by Gasteiger charge is -2.16. The molecule has 2 aromatic rings. The average molecular weight is 257 g/mol. The first-order valence-corrected chi connectivity index (χ1v) is 5.85. The van der Waals surface area contributed by atoms with E-state index in [4.69, 9.17) is 0 Å². The number of nitrogens with zero attached hydrogens (tertiary/aromatic N) is 4. The maximum atomic E-state index is 12.2. The molecule has 0 aliphatic rings. The zero-order valence-electron chi connectivity index (χ0n) is 10.9. The highest BCUT2D eigenvalue weighted by Gasteiger charge is 2.14. The molecule has 98 valence electrons. The second kappa shape index (κ2) is 5.90. The fourth-order valence-electron chi connectivity index (χ4n) is 1.62. The Balaban J connectivity index is 2.10. The smallest absolute Gasteiger partial charge is 0.274 e. The Hall–Kier alpha value is -2.50. The van der Waals surface area contributed by atoms with Gasteiger partial charge in [0.15, 0.2) is 0 Å². The van der Waals surface area contributed by atoms with Crippen LogP contribution in [0.1, 0.15) is 16.1 Å². The molecule has 1 amide bonds. The van der Waals surface area contributed by atoms with Gasteiger partial charge in [-0.3, -0.25) is 14.8 Å². The van der Waals surface area contributed by atoms with E-state index in [1.165, 1.54) is 6.20 Å². The molecule has 19 heavy (non-hydrogen) atoms. The van der Waals surface area contributed by atoms with E-state index >= 15 is 0 Å². The van der Waals surface area contributed by atoms with E-state index in [2.05, 4.69) is 20.3 Å². The van der Waals surface area contributed by atoms with E-state index in [-0.39, 0.29) is 5.91 Å². The molecule has 0 saturated heterocycles. The minimum atomic E-state index is -0.165. The first-order valence-electron chi connectivity index (χ1n) is 5.85. The molecule has 0 spiro atoms. The lowest BCUT2D eigenvalue weighted by atomic mass is 10.2. The number of pyridine rings is 1. The molecule has 0 unspecified atom stereocenters. The van der Waals surface area contributed by atoms with Crippen LogP contribution in [0.25, 0.3) is 0 Å². The van der Waals surface area contributed by atoms with Crippen LogP contribution in [-0.4, -0.2) is 39.9 Å². The molecule has 0 fully saturated rings. The van der Waals surface area contributed by atoms with E-state index in [1.54, 1.807) is 37.6 Å². The van der Waals surface area contributed by atoms with Gasteiger partial charge in [-0.25, -0.2) is 4.98 Å². The zero-order chi connectivity index (χ0) is 13.7. The van der Waals surface area contributed by atoms with Crippen molar-refractivity contribution < 1.29 is 4.79 Å². The van der Waals surface area contributed by atoms with Crippen molar-refractivity contribution in [3.63, 3.8) is 0 Å². The summed E-state index contributed by atoms with van der Waals surface area (Å²) in [4.78, 5) is 25.9. The summed E-state index contributed by atoms with van der Waals surface area (Å²) in [6, 6.07) is 3.75. The SMILES string of the molecule is CNc1cncc(C(=O)N(C)Cc2ccncc2)n1. The molecular formula is C13H15N5O. The molecular weight excluding hydrogens is 242 g/mol. The minimum Gasteiger partial charge on any atom is -0.372 e. The summed E-state index contributed by atoms with van der Waals surface area (Å²) in [7, 11) is 3.47. The van der Waals surface area contributed by atoms with Crippen molar-refractivity contribution in [3.05, 3.63) is 48.2 Å². The third-order valence-electron chi connectivity index (χ3n) is 2.63. The molecule has 0 saturated carbocycles. The second-order valence-corrected chi connectivity index (χ2v) is 4.06. The molecule has 0 aromatic carbocycles. The van der Waals surface area contributed by atoms with Crippen molar-refractivity contribution in [2.24, 2.45) is 0 Å². The standard InChI is InChI=1S/C13H15N5O/c1-14-12-8-16-7-11(17-12)13(19)18(2)9-10-3-5-15-6-4-10/h3-8H,9H2,1-2H3,(H,14,17). The van der Waals surface area contributed by atoms with Crippen LogP contribution in [0.4, 0.5) is 5.82 Å². The number of aromatic nitrogens is 3. The third kappa shape index (κ3) is 3.25. The second-order valence-electron chi connectivity index (χ2n) is 4.06. The highest BCUT2D eigenvalue weighted by Crippen LogP contribution is 2.07. The molecule has 1 N–H and O–H groups in total. The zero-order valence-corrected chi connectivity index (χ0v) is 10.9. The van der Waals surface area contributed by atoms with Crippen LogP contribution < -0.4 is 5.32 Å². The van der Waals surface area contributed by atoms with Crippen molar-refractivity contribution in [1.82, 2.24) is 19.9 Å². The van der Waals surface area contributed by atoms with Crippen LogP contribution in [0.2, 0.25) is 0 Å². The fraction of sp³-hybridized carbons (Fsp3) is 0.231. The summed E-state index contributed by atoms with van der Waals surface area (Å²) < 4.78 is 0. The van der Waals surface area contributed by atoms with Crippen molar-refractivity contribution in [2.75, 3.05) is 19.4 Å². The van der Waals surface area contributed by atoms with Gasteiger partial charge in [0.25, 0.3) is 5.91 Å². The molecule has 0 bridgehead atoms. The highest BCUT2D eigenvalue weighted by atomic mass is 16.2. The lowest BCUT2D eigenvalue weighted by molar-refractivity contribution is 0.0779. The van der Waals surface area contributed by atoms with Gasteiger partial charge >= 0.3 is 0 Å². The first-order chi connectivity index (χ1) is 9.20. The number of hydrogen-bond acceptors (Lipinski definition) is 5. The van der Waals surface area contributed by atoms with E-state index in [0.717, 1.165) is 5.56 Å². The number of hydrogen-bond donors (Lipinski definition) is 1. The summed E-state index contributed by atoms with van der Waals surface area (Å²) in [6.07, 6.45) is 6.44. The normalized spacial score (nSPS) is 10.0. The highest BCUT2D eigenvalue weighted by molar-refractivity contribution is 5.92. The monoisotopic (exact) mass is 257 g/mol. The Morgan fingerprint density at radius 2 is 2.00 bits per heavy atom. The summed E-state index contributed by atoms with van der Waals surface area (Å²) in [5.74, 6) is 0.407. The number of nitrogens with one attached hydrogen (secondary N) is 1. The van der Waals surface area contributed by atoms with Crippen molar-refractivity contribution >= 4 is 11.7 Å². The Morgan fingerprint density at radius 3 is 2.68 bits per heavy atom. The molecule has 2 aromatic heterocycles. The number of carbonyl (C=O) groups is 1. The fourth-order valence-corrected chi connectivity index (χ4v) is 1.62. The molecule has 2 heterocycles. The topological polar surface area (TPSA) is 71.0 Å². The van der Waals surface area contributed by atoms with Crippen LogP contribution in [0.5, 0.6) is 0 Å². The van der Waals surface area contributed by atoms with E-state index in [9.17, 15) is 4.79 Å². The molecule has 0 atom stereocenters. The van der Waals surface area contributed by atoms with Gasteiger partial charge < -0.3 is 10.2 Å². The van der Waals surface area contributed by atoms with Crippen molar-refractivity contribution in [3.8, 4) is 0 Å². The molecule has 6 nitrogen and oxygen atoms in total. The number of anilines is 1. The van der Waals surface area contributed by atoms with Gasteiger partial charge in [0.1, 0.15) is 11.5 Å². The summed E-state index contributed by atoms with van der Waals surface area (Å²) >= 11 is 0.